The maximum Gasteiger partial charge on any atom is 0.285 e. The van der Waals surface area contributed by atoms with Gasteiger partial charge in [0, 0.05) is 17.6 Å². The zero-order valence-electron chi connectivity index (χ0n) is 13.4. The van der Waals surface area contributed by atoms with Crippen LogP contribution in [0.25, 0.3) is 10.8 Å². The second-order valence-electron chi connectivity index (χ2n) is 5.32. The highest BCUT2D eigenvalue weighted by molar-refractivity contribution is 5.95. The van der Waals surface area contributed by atoms with Gasteiger partial charge in [-0.15, -0.1) is 0 Å². The lowest BCUT2D eigenvalue weighted by Crippen LogP contribution is -2.38. The Bertz CT molecular complexity index is 827. The lowest BCUT2D eigenvalue weighted by Gasteiger charge is -2.09. The number of aromatic nitrogens is 2. The molecule has 0 fully saturated rings. The van der Waals surface area contributed by atoms with E-state index in [1.165, 1.54) is 6.20 Å². The quantitative estimate of drug-likeness (QED) is 0.480. The average Bonchev–Trinajstić information content (AvgIpc) is 2.63. The number of amides is 1. The summed E-state index contributed by atoms with van der Waals surface area (Å²) in [6.07, 6.45) is 3.94. The third-order valence-electron chi connectivity index (χ3n) is 3.51. The second-order valence-corrected chi connectivity index (χ2v) is 5.32. The monoisotopic (exact) mass is 321 g/mol. The van der Waals surface area contributed by atoms with Crippen LogP contribution < -0.4 is 16.2 Å². The van der Waals surface area contributed by atoms with Crippen LogP contribution in [0.1, 0.15) is 23.8 Å². The molecule has 3 aromatic rings. The number of fused-ring (bicyclic) bond motifs is 1. The van der Waals surface area contributed by atoms with E-state index in [9.17, 15) is 4.79 Å². The minimum Gasteiger partial charge on any atom is -0.338 e. The number of anilines is 2. The summed E-state index contributed by atoms with van der Waals surface area (Å²) in [6.45, 7) is 2.73. The maximum atomic E-state index is 11.9. The van der Waals surface area contributed by atoms with Gasteiger partial charge in [0.15, 0.2) is 0 Å². The van der Waals surface area contributed by atoms with Crippen LogP contribution in [-0.2, 0) is 0 Å². The minimum absolute atomic E-state index is 0.266. The van der Waals surface area contributed by atoms with Crippen LogP contribution in [0.15, 0.2) is 54.9 Å². The highest BCUT2D eigenvalue weighted by Crippen LogP contribution is 2.25. The van der Waals surface area contributed by atoms with Crippen LogP contribution in [0.2, 0.25) is 0 Å². The van der Waals surface area contributed by atoms with Crippen molar-refractivity contribution < 1.29 is 4.79 Å². The van der Waals surface area contributed by atoms with Crippen LogP contribution in [0.5, 0.6) is 0 Å². The fraction of sp³-hybridized carbons (Fsp3) is 0.167. The molecule has 3 N–H and O–H groups in total. The number of hydrazine groups is 1. The largest absolute Gasteiger partial charge is 0.338 e. The van der Waals surface area contributed by atoms with Crippen molar-refractivity contribution >= 4 is 28.2 Å². The van der Waals surface area contributed by atoms with Gasteiger partial charge in [0.05, 0.1) is 12.4 Å². The van der Waals surface area contributed by atoms with Gasteiger partial charge in [-0.05, 0) is 17.9 Å². The average molecular weight is 321 g/mol. The Balaban J connectivity index is 1.73. The molecule has 0 unspecified atom stereocenters. The number of benzene rings is 2. The molecule has 1 heterocycles. The normalized spacial score (nSPS) is 10.5. The first-order valence-corrected chi connectivity index (χ1v) is 7.88. The summed E-state index contributed by atoms with van der Waals surface area (Å²) in [5.41, 5.74) is 6.62. The molecule has 0 aliphatic carbocycles. The molecule has 0 radical (unpaired) electrons. The van der Waals surface area contributed by atoms with Gasteiger partial charge in [-0.25, -0.2) is 15.4 Å². The zero-order valence-corrected chi connectivity index (χ0v) is 13.4. The fourth-order valence-electron chi connectivity index (χ4n) is 2.31. The fourth-order valence-corrected chi connectivity index (χ4v) is 2.31. The highest BCUT2D eigenvalue weighted by Gasteiger charge is 2.08. The molecule has 0 aliphatic rings. The van der Waals surface area contributed by atoms with Crippen LogP contribution in [0.4, 0.5) is 11.5 Å². The van der Waals surface area contributed by atoms with Crippen LogP contribution in [0.3, 0.4) is 0 Å². The molecule has 24 heavy (non-hydrogen) atoms. The Labute approximate surface area is 140 Å². The van der Waals surface area contributed by atoms with Gasteiger partial charge in [0.1, 0.15) is 11.5 Å². The standard InChI is InChI=1S/C18H19N5O/c1-2-10-21-23-18(24)16-11-20-17(12-19-16)22-15-9-5-7-13-6-3-4-8-14(13)15/h3-9,11-12,21H,2,10H2,1H3,(H,20,22)(H,23,24). The first-order chi connectivity index (χ1) is 11.8. The van der Waals surface area contributed by atoms with Gasteiger partial charge in [-0.3, -0.25) is 10.2 Å². The summed E-state index contributed by atoms with van der Waals surface area (Å²) in [5, 5.41) is 5.50. The van der Waals surface area contributed by atoms with Crippen molar-refractivity contribution in [2.75, 3.05) is 11.9 Å². The van der Waals surface area contributed by atoms with Crippen molar-refractivity contribution in [2.45, 2.75) is 13.3 Å². The molecule has 0 saturated carbocycles. The summed E-state index contributed by atoms with van der Waals surface area (Å²) in [5.74, 6) is 0.289. The van der Waals surface area contributed by atoms with Gasteiger partial charge < -0.3 is 5.32 Å². The van der Waals surface area contributed by atoms with E-state index >= 15 is 0 Å². The van der Waals surface area contributed by atoms with Crippen molar-refractivity contribution in [3.63, 3.8) is 0 Å². The Morgan fingerprint density at radius 1 is 1.04 bits per heavy atom. The molecule has 0 spiro atoms. The van der Waals surface area contributed by atoms with Gasteiger partial charge >= 0.3 is 0 Å². The van der Waals surface area contributed by atoms with Gasteiger partial charge in [0.25, 0.3) is 5.91 Å². The zero-order chi connectivity index (χ0) is 16.8. The van der Waals surface area contributed by atoms with Gasteiger partial charge in [-0.2, -0.15) is 0 Å². The Hall–Kier alpha value is -2.99. The molecule has 122 valence electrons. The van der Waals surface area contributed by atoms with Gasteiger partial charge in [0.2, 0.25) is 0 Å². The third-order valence-corrected chi connectivity index (χ3v) is 3.51. The maximum absolute atomic E-state index is 11.9. The van der Waals surface area contributed by atoms with Crippen LogP contribution >= 0.6 is 0 Å². The van der Waals surface area contributed by atoms with Crippen molar-refractivity contribution in [3.8, 4) is 0 Å². The summed E-state index contributed by atoms with van der Waals surface area (Å²) >= 11 is 0. The molecule has 3 rings (SSSR count). The van der Waals surface area contributed by atoms with Crippen LogP contribution in [-0.4, -0.2) is 22.4 Å². The smallest absolute Gasteiger partial charge is 0.285 e. The number of nitrogens with one attached hydrogen (secondary N) is 3. The first kappa shape index (κ1) is 15.9. The number of hydrogen-bond donors (Lipinski definition) is 3. The second kappa shape index (κ2) is 7.52. The third kappa shape index (κ3) is 3.67. The summed E-state index contributed by atoms with van der Waals surface area (Å²) in [7, 11) is 0. The molecule has 0 saturated heterocycles. The lowest BCUT2D eigenvalue weighted by atomic mass is 10.1. The molecule has 2 aromatic carbocycles. The number of rotatable bonds is 6. The van der Waals surface area contributed by atoms with Crippen molar-refractivity contribution in [2.24, 2.45) is 0 Å². The Morgan fingerprint density at radius 3 is 2.67 bits per heavy atom. The molecular weight excluding hydrogens is 302 g/mol. The number of carbonyl (C=O) groups excluding carboxylic acids is 1. The van der Waals surface area contributed by atoms with E-state index in [4.69, 9.17) is 0 Å². The molecule has 6 heteroatoms. The van der Waals surface area contributed by atoms with Crippen molar-refractivity contribution in [1.29, 1.82) is 0 Å². The van der Waals surface area contributed by atoms with E-state index in [-0.39, 0.29) is 11.6 Å². The molecule has 0 atom stereocenters. The lowest BCUT2D eigenvalue weighted by molar-refractivity contribution is 0.0928. The van der Waals surface area contributed by atoms with Crippen LogP contribution in [0, 0.1) is 0 Å². The molecule has 1 aromatic heterocycles. The van der Waals surface area contributed by atoms with E-state index in [0.29, 0.717) is 12.4 Å². The van der Waals surface area contributed by atoms with Crippen molar-refractivity contribution in [1.82, 2.24) is 20.8 Å². The van der Waals surface area contributed by atoms with E-state index in [1.54, 1.807) is 6.20 Å². The predicted octanol–water partition coefficient (Wildman–Crippen LogP) is 3.02. The summed E-state index contributed by atoms with van der Waals surface area (Å²) in [4.78, 5) is 20.3. The summed E-state index contributed by atoms with van der Waals surface area (Å²) in [6, 6.07) is 14.1. The topological polar surface area (TPSA) is 78.9 Å². The van der Waals surface area contributed by atoms with E-state index in [2.05, 4.69) is 38.3 Å². The molecular formula is C18H19N5O. The summed E-state index contributed by atoms with van der Waals surface area (Å²) < 4.78 is 0. The minimum atomic E-state index is -0.298. The van der Waals surface area contributed by atoms with E-state index in [1.807, 2.05) is 37.3 Å². The van der Waals surface area contributed by atoms with Gasteiger partial charge in [-0.1, -0.05) is 43.3 Å². The molecule has 6 nitrogen and oxygen atoms in total. The number of nitrogens with zero attached hydrogens (tertiary/aromatic N) is 2. The molecule has 0 bridgehead atoms. The van der Waals surface area contributed by atoms with E-state index in [0.717, 1.165) is 22.9 Å². The highest BCUT2D eigenvalue weighted by atomic mass is 16.2. The van der Waals surface area contributed by atoms with E-state index < -0.39 is 0 Å². The predicted molar refractivity (Wildman–Crippen MR) is 95.0 cm³/mol. The molecule has 1 amide bonds. The SMILES string of the molecule is CCCNNC(=O)c1cnc(Nc2cccc3ccccc23)cn1. The molecule has 0 aliphatic heterocycles. The first-order valence-electron chi connectivity index (χ1n) is 7.88. The number of carbonyl (C=O) groups is 1. The van der Waals surface area contributed by atoms with Crippen molar-refractivity contribution in [3.05, 3.63) is 60.6 Å². The number of hydrogen-bond acceptors (Lipinski definition) is 5. The Kier molecular flexibility index (Phi) is 4.98. The Morgan fingerprint density at radius 2 is 1.88 bits per heavy atom.